The van der Waals surface area contributed by atoms with Crippen LogP contribution in [-0.4, -0.2) is 0 Å². The van der Waals surface area contributed by atoms with E-state index >= 15 is 0 Å². The number of hydrogen-bond donors (Lipinski definition) is 0. The molecule has 0 amide bonds. The summed E-state index contributed by atoms with van der Waals surface area (Å²) in [6.07, 6.45) is 6.79. The molecule has 0 unspecified atom stereocenters. The second-order valence-corrected chi connectivity index (χ2v) is 17.7. The van der Waals surface area contributed by atoms with Gasteiger partial charge in [0, 0.05) is 17.1 Å². The molecule has 0 radical (unpaired) electrons. The Morgan fingerprint density at radius 3 is 1.34 bits per heavy atom. The molecule has 1 nitrogen and oxygen atoms in total. The lowest BCUT2D eigenvalue weighted by atomic mass is 9.68. The van der Waals surface area contributed by atoms with Gasteiger partial charge in [0.25, 0.3) is 0 Å². The van der Waals surface area contributed by atoms with Crippen LogP contribution in [0, 0.1) is 5.92 Å². The molecule has 9 aromatic carbocycles. The van der Waals surface area contributed by atoms with Crippen LogP contribution in [0.2, 0.25) is 0 Å². The van der Waals surface area contributed by atoms with Crippen LogP contribution in [0.25, 0.3) is 44.2 Å². The van der Waals surface area contributed by atoms with E-state index in [4.69, 9.17) is 0 Å². The first kappa shape index (κ1) is 35.9. The Kier molecular flexibility index (Phi) is 8.46. The molecule has 12 rings (SSSR count). The van der Waals surface area contributed by atoms with E-state index in [0.717, 1.165) is 17.3 Å². The summed E-state index contributed by atoms with van der Waals surface area (Å²) in [7, 11) is 0. The van der Waals surface area contributed by atoms with Gasteiger partial charge < -0.3 is 4.90 Å². The van der Waals surface area contributed by atoms with Crippen LogP contribution < -0.4 is 4.90 Å². The van der Waals surface area contributed by atoms with Crippen molar-refractivity contribution in [1.29, 1.82) is 0 Å². The third kappa shape index (κ3) is 5.67. The molecule has 2 saturated carbocycles. The summed E-state index contributed by atoms with van der Waals surface area (Å²) < 4.78 is 0. The maximum Gasteiger partial charge on any atom is 0.0713 e. The van der Waals surface area contributed by atoms with Crippen LogP contribution in [0.3, 0.4) is 0 Å². The average molecular weight is 782 g/mol. The van der Waals surface area contributed by atoms with E-state index in [-0.39, 0.29) is 0 Å². The first-order valence-electron chi connectivity index (χ1n) is 22.1. The van der Waals surface area contributed by atoms with Crippen molar-refractivity contribution in [2.24, 2.45) is 5.92 Å². The van der Waals surface area contributed by atoms with Gasteiger partial charge in [0.15, 0.2) is 0 Å². The number of benzene rings is 9. The van der Waals surface area contributed by atoms with Gasteiger partial charge in [-0.15, -0.1) is 0 Å². The Labute approximate surface area is 359 Å². The number of rotatable bonds is 8. The van der Waals surface area contributed by atoms with Gasteiger partial charge in [0.05, 0.1) is 5.41 Å². The molecule has 0 atom stereocenters. The highest BCUT2D eigenvalue weighted by atomic mass is 15.1. The first-order valence-corrected chi connectivity index (χ1v) is 22.1. The zero-order valence-corrected chi connectivity index (χ0v) is 34.3. The summed E-state index contributed by atoms with van der Waals surface area (Å²) in [5, 5.41) is 2.54. The fraction of sp³-hybridized carbons (Fsp3) is 0.133. The molecule has 9 aromatic rings. The summed E-state index contributed by atoms with van der Waals surface area (Å²) in [5.41, 5.74) is 17.7. The van der Waals surface area contributed by atoms with Crippen molar-refractivity contribution in [3.8, 4) is 33.4 Å². The standard InChI is InChI=1S/C60H47N/c1-3-13-43(14-4-1)52-21-11-15-45-16-12-22-53(58(45)52)44-25-31-49(32-26-44)61(50-33-27-46(28-34-50)59-39-37-42(41-59)38-40-59)51-35-29-48(30-36-51)60(47-17-5-2-6-18-47)56-23-9-7-19-54(56)55-20-8-10-24-57(55)60/h1-36,42H,37-41H2. The lowest BCUT2D eigenvalue weighted by Crippen LogP contribution is -2.28. The highest BCUT2D eigenvalue weighted by Gasteiger charge is 2.47. The molecule has 2 bridgehead atoms. The number of nitrogens with zero attached hydrogens (tertiary/aromatic N) is 1. The monoisotopic (exact) mass is 781 g/mol. The molecule has 2 fully saturated rings. The summed E-state index contributed by atoms with van der Waals surface area (Å²) in [4.78, 5) is 2.45. The molecule has 3 aliphatic carbocycles. The highest BCUT2D eigenvalue weighted by Crippen LogP contribution is 2.57. The van der Waals surface area contributed by atoms with Gasteiger partial charge in [-0.1, -0.05) is 182 Å². The van der Waals surface area contributed by atoms with E-state index in [1.165, 1.54) is 110 Å². The van der Waals surface area contributed by atoms with Crippen LogP contribution in [-0.2, 0) is 10.8 Å². The minimum absolute atomic E-state index is 0.369. The topological polar surface area (TPSA) is 3.24 Å². The number of hydrogen-bond acceptors (Lipinski definition) is 1. The first-order chi connectivity index (χ1) is 30.2. The van der Waals surface area contributed by atoms with Crippen molar-refractivity contribution in [3.05, 3.63) is 246 Å². The molecule has 0 heterocycles. The predicted molar refractivity (Wildman–Crippen MR) is 255 cm³/mol. The maximum absolute atomic E-state index is 2.45. The van der Waals surface area contributed by atoms with Crippen LogP contribution >= 0.6 is 0 Å². The van der Waals surface area contributed by atoms with Gasteiger partial charge in [0.1, 0.15) is 0 Å². The molecule has 1 heteroatoms. The van der Waals surface area contributed by atoms with Gasteiger partial charge in [-0.05, 0) is 152 Å². The average Bonchev–Trinajstić information content (AvgIpc) is 4.05. The molecular weight excluding hydrogens is 735 g/mol. The molecule has 0 aromatic heterocycles. The minimum atomic E-state index is -0.433. The van der Waals surface area contributed by atoms with Gasteiger partial charge in [0.2, 0.25) is 0 Å². The van der Waals surface area contributed by atoms with E-state index in [1.54, 1.807) is 0 Å². The van der Waals surface area contributed by atoms with Crippen molar-refractivity contribution in [2.75, 3.05) is 4.90 Å². The Balaban J connectivity index is 0.986. The smallest absolute Gasteiger partial charge is 0.0713 e. The lowest BCUT2D eigenvalue weighted by Gasteiger charge is -2.34. The van der Waals surface area contributed by atoms with Gasteiger partial charge in [-0.2, -0.15) is 0 Å². The normalized spacial score (nSPS) is 18.2. The lowest BCUT2D eigenvalue weighted by molar-refractivity contribution is 0.419. The Morgan fingerprint density at radius 1 is 0.361 bits per heavy atom. The fourth-order valence-corrected chi connectivity index (χ4v) is 11.8. The summed E-state index contributed by atoms with van der Waals surface area (Å²) in [6.45, 7) is 0. The third-order valence-corrected chi connectivity index (χ3v) is 14.6. The zero-order valence-electron chi connectivity index (χ0n) is 34.3. The maximum atomic E-state index is 2.45. The zero-order chi connectivity index (χ0) is 40.4. The van der Waals surface area contributed by atoms with Crippen molar-refractivity contribution < 1.29 is 0 Å². The van der Waals surface area contributed by atoms with E-state index < -0.39 is 5.41 Å². The van der Waals surface area contributed by atoms with Crippen molar-refractivity contribution >= 4 is 27.8 Å². The molecular formula is C60H47N. The molecule has 0 N–H and O–H groups in total. The molecule has 0 aliphatic heterocycles. The molecule has 61 heavy (non-hydrogen) atoms. The largest absolute Gasteiger partial charge is 0.311 e. The van der Waals surface area contributed by atoms with E-state index in [1.807, 2.05) is 0 Å². The van der Waals surface area contributed by atoms with E-state index in [2.05, 4.69) is 223 Å². The highest BCUT2D eigenvalue weighted by molar-refractivity contribution is 6.06. The molecule has 292 valence electrons. The summed E-state index contributed by atoms with van der Waals surface area (Å²) in [5.74, 6) is 0.914. The van der Waals surface area contributed by atoms with Crippen LogP contribution in [0.1, 0.15) is 59.9 Å². The van der Waals surface area contributed by atoms with Crippen molar-refractivity contribution in [1.82, 2.24) is 0 Å². The second-order valence-electron chi connectivity index (χ2n) is 17.7. The third-order valence-electron chi connectivity index (χ3n) is 14.6. The Bertz CT molecular complexity index is 2980. The van der Waals surface area contributed by atoms with Crippen LogP contribution in [0.4, 0.5) is 17.1 Å². The minimum Gasteiger partial charge on any atom is -0.311 e. The van der Waals surface area contributed by atoms with Crippen LogP contribution in [0.15, 0.2) is 218 Å². The Hall–Kier alpha value is -6.96. The van der Waals surface area contributed by atoms with Crippen molar-refractivity contribution in [3.63, 3.8) is 0 Å². The summed E-state index contributed by atoms with van der Waals surface area (Å²) in [6, 6.07) is 81.6. The van der Waals surface area contributed by atoms with Crippen LogP contribution in [0.5, 0.6) is 0 Å². The summed E-state index contributed by atoms with van der Waals surface area (Å²) >= 11 is 0. The number of anilines is 3. The predicted octanol–water partition coefficient (Wildman–Crippen LogP) is 15.8. The fourth-order valence-electron chi connectivity index (χ4n) is 11.8. The number of fused-ring (bicyclic) bond motifs is 6. The van der Waals surface area contributed by atoms with E-state index in [9.17, 15) is 0 Å². The van der Waals surface area contributed by atoms with Gasteiger partial charge in [-0.25, -0.2) is 0 Å². The SMILES string of the molecule is c1ccc(-c2cccc3cccc(-c4ccc(N(c5ccc(C67CCC(CC6)C7)cc5)c5ccc(C6(c7ccccc7)c7ccccc7-c7ccccc76)cc5)cc4)c23)cc1. The quantitative estimate of drug-likeness (QED) is 0.148. The second kappa shape index (κ2) is 14.4. The molecule has 0 saturated heterocycles. The van der Waals surface area contributed by atoms with E-state index in [0.29, 0.717) is 5.41 Å². The van der Waals surface area contributed by atoms with Gasteiger partial charge in [-0.3, -0.25) is 0 Å². The molecule has 0 spiro atoms. The Morgan fingerprint density at radius 2 is 0.803 bits per heavy atom. The van der Waals surface area contributed by atoms with Crippen molar-refractivity contribution in [2.45, 2.75) is 42.9 Å². The molecule has 3 aliphatic rings. The van der Waals surface area contributed by atoms with Gasteiger partial charge >= 0.3 is 0 Å².